The summed E-state index contributed by atoms with van der Waals surface area (Å²) in [7, 11) is 0. The van der Waals surface area contributed by atoms with Gasteiger partial charge in [0.15, 0.2) is 0 Å². The largest absolute Gasteiger partial charge is 0.103 e. The average Bonchev–Trinajstić information content (AvgIpc) is 2.03. The number of hydrogen-bond acceptors (Lipinski definition) is 0. The van der Waals surface area contributed by atoms with Gasteiger partial charge in [-0.15, -0.1) is 6.58 Å². The van der Waals surface area contributed by atoms with Crippen LogP contribution in [0.2, 0.25) is 0 Å². The van der Waals surface area contributed by atoms with Crippen molar-refractivity contribution in [3.63, 3.8) is 0 Å². The van der Waals surface area contributed by atoms with Crippen LogP contribution in [0.5, 0.6) is 0 Å². The Balaban J connectivity index is 2.41. The highest BCUT2D eigenvalue weighted by Gasteiger charge is 2.28. The summed E-state index contributed by atoms with van der Waals surface area (Å²) < 4.78 is 0. The summed E-state index contributed by atoms with van der Waals surface area (Å²) in [6.07, 6.45) is 7.68. The molecular formula is C12H22. The van der Waals surface area contributed by atoms with Crippen molar-refractivity contribution in [2.24, 2.45) is 17.3 Å². The molecule has 0 bridgehead atoms. The third-order valence-electron chi connectivity index (χ3n) is 3.33. The molecule has 1 aliphatic carbocycles. The molecule has 0 aromatic heterocycles. The smallest absolute Gasteiger partial charge is 0.0236 e. The third-order valence-corrected chi connectivity index (χ3v) is 3.33. The molecule has 0 nitrogen and oxygen atoms in total. The van der Waals surface area contributed by atoms with Gasteiger partial charge in [0, 0.05) is 0 Å². The van der Waals surface area contributed by atoms with E-state index in [4.69, 9.17) is 0 Å². The van der Waals surface area contributed by atoms with E-state index in [1.807, 2.05) is 0 Å². The van der Waals surface area contributed by atoms with E-state index >= 15 is 0 Å². The normalized spacial score (nSPS) is 31.6. The predicted molar refractivity (Wildman–Crippen MR) is 55.1 cm³/mol. The van der Waals surface area contributed by atoms with Crippen LogP contribution in [0.3, 0.4) is 0 Å². The van der Waals surface area contributed by atoms with Crippen LogP contribution in [0.1, 0.15) is 46.5 Å². The Hall–Kier alpha value is -0.260. The standard InChI is InChI=1S/C12H22/c1-5-10-6-8-11(9-7-10)12(2,3)4/h5,10-11H,1,6-9H2,2-4H3. The van der Waals surface area contributed by atoms with Crippen LogP contribution in [-0.4, -0.2) is 0 Å². The summed E-state index contributed by atoms with van der Waals surface area (Å²) >= 11 is 0. The van der Waals surface area contributed by atoms with E-state index in [-0.39, 0.29) is 0 Å². The van der Waals surface area contributed by atoms with Crippen LogP contribution < -0.4 is 0 Å². The Morgan fingerprint density at radius 1 is 1.08 bits per heavy atom. The second-order valence-corrected chi connectivity index (χ2v) is 5.21. The van der Waals surface area contributed by atoms with E-state index in [1.165, 1.54) is 25.7 Å². The molecule has 1 saturated carbocycles. The molecule has 12 heavy (non-hydrogen) atoms. The van der Waals surface area contributed by atoms with E-state index in [1.54, 1.807) is 0 Å². The predicted octanol–water partition coefficient (Wildman–Crippen LogP) is 4.02. The first-order valence-electron chi connectivity index (χ1n) is 5.16. The lowest BCUT2D eigenvalue weighted by Crippen LogP contribution is -2.25. The zero-order chi connectivity index (χ0) is 9.19. The molecular weight excluding hydrogens is 144 g/mol. The van der Waals surface area contributed by atoms with Crippen molar-refractivity contribution in [2.75, 3.05) is 0 Å². The summed E-state index contributed by atoms with van der Waals surface area (Å²) in [5.74, 6) is 1.75. The molecule has 0 aromatic rings. The summed E-state index contributed by atoms with van der Waals surface area (Å²) in [6.45, 7) is 11.0. The van der Waals surface area contributed by atoms with Crippen LogP contribution >= 0.6 is 0 Å². The van der Waals surface area contributed by atoms with Crippen LogP contribution in [0.25, 0.3) is 0 Å². The van der Waals surface area contributed by atoms with Crippen molar-refractivity contribution >= 4 is 0 Å². The van der Waals surface area contributed by atoms with Crippen molar-refractivity contribution in [1.29, 1.82) is 0 Å². The van der Waals surface area contributed by atoms with Gasteiger partial charge >= 0.3 is 0 Å². The van der Waals surface area contributed by atoms with Crippen LogP contribution in [0.4, 0.5) is 0 Å². The molecule has 0 aromatic carbocycles. The molecule has 0 unspecified atom stereocenters. The fourth-order valence-corrected chi connectivity index (χ4v) is 2.22. The molecule has 1 aliphatic rings. The lowest BCUT2D eigenvalue weighted by Gasteiger charge is -2.36. The van der Waals surface area contributed by atoms with E-state index < -0.39 is 0 Å². The van der Waals surface area contributed by atoms with Crippen molar-refractivity contribution in [2.45, 2.75) is 46.5 Å². The molecule has 1 rings (SSSR count). The highest BCUT2D eigenvalue weighted by molar-refractivity contribution is 4.87. The molecule has 0 heteroatoms. The molecule has 0 atom stereocenters. The monoisotopic (exact) mass is 166 g/mol. The number of rotatable bonds is 1. The quantitative estimate of drug-likeness (QED) is 0.516. The summed E-state index contributed by atoms with van der Waals surface area (Å²) in [5.41, 5.74) is 0.520. The lowest BCUT2D eigenvalue weighted by molar-refractivity contribution is 0.163. The van der Waals surface area contributed by atoms with E-state index in [0.717, 1.165) is 11.8 Å². The fraction of sp³-hybridized carbons (Fsp3) is 0.833. The molecule has 0 spiro atoms. The van der Waals surface area contributed by atoms with Gasteiger partial charge in [0.2, 0.25) is 0 Å². The molecule has 0 N–H and O–H groups in total. The minimum Gasteiger partial charge on any atom is -0.103 e. The first-order valence-corrected chi connectivity index (χ1v) is 5.16. The summed E-state index contributed by atoms with van der Waals surface area (Å²) in [4.78, 5) is 0. The number of allylic oxidation sites excluding steroid dienone is 1. The molecule has 0 saturated heterocycles. The SMILES string of the molecule is C=CC1CCC(C(C)(C)C)CC1. The van der Waals surface area contributed by atoms with Crippen LogP contribution in [-0.2, 0) is 0 Å². The second-order valence-electron chi connectivity index (χ2n) is 5.21. The maximum absolute atomic E-state index is 3.87. The fourth-order valence-electron chi connectivity index (χ4n) is 2.22. The first-order chi connectivity index (χ1) is 5.54. The highest BCUT2D eigenvalue weighted by Crippen LogP contribution is 2.39. The minimum absolute atomic E-state index is 0.520. The molecule has 0 radical (unpaired) electrons. The third kappa shape index (κ3) is 2.36. The zero-order valence-electron chi connectivity index (χ0n) is 8.77. The maximum Gasteiger partial charge on any atom is -0.0236 e. The molecule has 0 amide bonds. The van der Waals surface area contributed by atoms with Crippen molar-refractivity contribution in [3.8, 4) is 0 Å². The lowest BCUT2D eigenvalue weighted by atomic mass is 9.70. The Bertz CT molecular complexity index is 142. The van der Waals surface area contributed by atoms with Gasteiger partial charge in [0.05, 0.1) is 0 Å². The van der Waals surface area contributed by atoms with Crippen LogP contribution in [0.15, 0.2) is 12.7 Å². The van der Waals surface area contributed by atoms with E-state index in [2.05, 4.69) is 33.4 Å². The Kier molecular flexibility index (Phi) is 2.98. The zero-order valence-corrected chi connectivity index (χ0v) is 8.77. The van der Waals surface area contributed by atoms with Gasteiger partial charge in [-0.05, 0) is 42.9 Å². The topological polar surface area (TPSA) is 0 Å². The average molecular weight is 166 g/mol. The highest BCUT2D eigenvalue weighted by atomic mass is 14.3. The Labute approximate surface area is 77.1 Å². The summed E-state index contributed by atoms with van der Waals surface area (Å²) in [5, 5.41) is 0. The first kappa shape index (κ1) is 9.83. The Morgan fingerprint density at radius 2 is 1.58 bits per heavy atom. The van der Waals surface area contributed by atoms with Crippen molar-refractivity contribution in [3.05, 3.63) is 12.7 Å². The van der Waals surface area contributed by atoms with Gasteiger partial charge in [0.1, 0.15) is 0 Å². The maximum atomic E-state index is 3.87. The number of hydrogen-bond donors (Lipinski definition) is 0. The van der Waals surface area contributed by atoms with Crippen molar-refractivity contribution < 1.29 is 0 Å². The molecule has 0 heterocycles. The van der Waals surface area contributed by atoms with Gasteiger partial charge in [-0.2, -0.15) is 0 Å². The molecule has 70 valence electrons. The Morgan fingerprint density at radius 3 is 1.92 bits per heavy atom. The minimum atomic E-state index is 0.520. The molecule has 0 aliphatic heterocycles. The van der Waals surface area contributed by atoms with E-state index in [0.29, 0.717) is 5.41 Å². The molecule has 1 fully saturated rings. The van der Waals surface area contributed by atoms with E-state index in [9.17, 15) is 0 Å². The van der Waals surface area contributed by atoms with Gasteiger partial charge in [-0.3, -0.25) is 0 Å². The summed E-state index contributed by atoms with van der Waals surface area (Å²) in [6, 6.07) is 0. The second kappa shape index (κ2) is 3.64. The van der Waals surface area contributed by atoms with Gasteiger partial charge in [-0.1, -0.05) is 26.8 Å². The van der Waals surface area contributed by atoms with Crippen molar-refractivity contribution in [1.82, 2.24) is 0 Å². The van der Waals surface area contributed by atoms with Gasteiger partial charge in [0.25, 0.3) is 0 Å². The van der Waals surface area contributed by atoms with Gasteiger partial charge in [-0.25, -0.2) is 0 Å². The van der Waals surface area contributed by atoms with Gasteiger partial charge < -0.3 is 0 Å². The van der Waals surface area contributed by atoms with Crippen LogP contribution in [0, 0.1) is 17.3 Å².